The van der Waals surface area contributed by atoms with Crippen molar-refractivity contribution in [1.82, 2.24) is 9.80 Å². The predicted molar refractivity (Wildman–Crippen MR) is 122 cm³/mol. The van der Waals surface area contributed by atoms with E-state index in [0.29, 0.717) is 12.2 Å². The van der Waals surface area contributed by atoms with Gasteiger partial charge in [0.15, 0.2) is 0 Å². The lowest BCUT2D eigenvalue weighted by atomic mass is 10.1. The Kier molecular flexibility index (Phi) is 5.81. The first-order valence-corrected chi connectivity index (χ1v) is 10.4. The SMILES string of the molecule is COc1ccc2cc(CN(C)C(=O)CN3C(=O)C(C)N(c4ccccc4)C3=O)ccc2c1. The smallest absolute Gasteiger partial charge is 0.332 e. The number of amides is 4. The normalized spacial score (nSPS) is 16.0. The molecule has 3 aromatic carbocycles. The number of rotatable bonds is 6. The van der Waals surface area contributed by atoms with Crippen molar-refractivity contribution in [1.29, 1.82) is 0 Å². The number of fused-ring (bicyclic) bond motifs is 1. The number of nitrogens with zero attached hydrogens (tertiary/aromatic N) is 3. The lowest BCUT2D eigenvalue weighted by molar-refractivity contribution is -0.136. The number of anilines is 1. The summed E-state index contributed by atoms with van der Waals surface area (Å²) in [5.74, 6) is 0.111. The number of para-hydroxylation sites is 1. The molecule has 0 spiro atoms. The molecule has 1 fully saturated rings. The van der Waals surface area contributed by atoms with Gasteiger partial charge in [-0.2, -0.15) is 0 Å². The van der Waals surface area contributed by atoms with Crippen LogP contribution in [0.2, 0.25) is 0 Å². The van der Waals surface area contributed by atoms with Gasteiger partial charge in [0.2, 0.25) is 5.91 Å². The summed E-state index contributed by atoms with van der Waals surface area (Å²) in [5, 5.41) is 2.09. The first kappa shape index (κ1) is 21.4. The Morgan fingerprint density at radius 1 is 1.00 bits per heavy atom. The van der Waals surface area contributed by atoms with E-state index in [-0.39, 0.29) is 18.4 Å². The molecule has 7 heteroatoms. The van der Waals surface area contributed by atoms with Crippen molar-refractivity contribution < 1.29 is 19.1 Å². The maximum absolute atomic E-state index is 12.9. The van der Waals surface area contributed by atoms with Gasteiger partial charge in [0, 0.05) is 19.3 Å². The molecule has 0 saturated carbocycles. The van der Waals surface area contributed by atoms with Gasteiger partial charge < -0.3 is 9.64 Å². The molecule has 164 valence electrons. The number of urea groups is 1. The highest BCUT2D eigenvalue weighted by Gasteiger charge is 2.44. The van der Waals surface area contributed by atoms with E-state index < -0.39 is 12.1 Å². The molecule has 1 atom stereocenters. The van der Waals surface area contributed by atoms with Gasteiger partial charge in [-0.15, -0.1) is 0 Å². The Balaban J connectivity index is 1.45. The third-order valence-electron chi connectivity index (χ3n) is 5.73. The summed E-state index contributed by atoms with van der Waals surface area (Å²) >= 11 is 0. The van der Waals surface area contributed by atoms with E-state index in [1.807, 2.05) is 42.5 Å². The fraction of sp³-hybridized carbons (Fsp3) is 0.240. The highest BCUT2D eigenvalue weighted by Crippen LogP contribution is 2.26. The summed E-state index contributed by atoms with van der Waals surface area (Å²) in [6.45, 7) is 1.76. The number of hydrogen-bond donors (Lipinski definition) is 0. The zero-order valence-corrected chi connectivity index (χ0v) is 18.3. The molecule has 1 heterocycles. The molecule has 1 unspecified atom stereocenters. The van der Waals surface area contributed by atoms with Crippen LogP contribution in [0, 0.1) is 0 Å². The summed E-state index contributed by atoms with van der Waals surface area (Å²) in [4.78, 5) is 42.4. The third-order valence-corrected chi connectivity index (χ3v) is 5.73. The van der Waals surface area contributed by atoms with Crippen molar-refractivity contribution in [3.63, 3.8) is 0 Å². The zero-order chi connectivity index (χ0) is 22.8. The largest absolute Gasteiger partial charge is 0.497 e. The van der Waals surface area contributed by atoms with Crippen molar-refractivity contribution in [2.75, 3.05) is 25.6 Å². The van der Waals surface area contributed by atoms with Crippen LogP contribution in [0.5, 0.6) is 5.75 Å². The molecule has 7 nitrogen and oxygen atoms in total. The summed E-state index contributed by atoms with van der Waals surface area (Å²) in [7, 11) is 3.30. The third kappa shape index (κ3) is 4.01. The van der Waals surface area contributed by atoms with E-state index in [9.17, 15) is 14.4 Å². The van der Waals surface area contributed by atoms with E-state index in [1.54, 1.807) is 45.3 Å². The van der Waals surface area contributed by atoms with Crippen LogP contribution in [0.25, 0.3) is 10.8 Å². The Bertz CT molecular complexity index is 1180. The number of benzene rings is 3. The predicted octanol–water partition coefficient (Wildman–Crippen LogP) is 3.66. The second-order valence-corrected chi connectivity index (χ2v) is 7.89. The van der Waals surface area contributed by atoms with Gasteiger partial charge >= 0.3 is 6.03 Å². The van der Waals surface area contributed by atoms with Crippen LogP contribution >= 0.6 is 0 Å². The summed E-state index contributed by atoms with van der Waals surface area (Å²) in [6, 6.07) is 19.7. The van der Waals surface area contributed by atoms with Gasteiger partial charge in [0.25, 0.3) is 5.91 Å². The first-order valence-electron chi connectivity index (χ1n) is 10.4. The molecule has 4 amide bonds. The number of carbonyl (C=O) groups is 3. The molecule has 1 aliphatic rings. The fourth-order valence-corrected chi connectivity index (χ4v) is 3.91. The average molecular weight is 431 g/mol. The highest BCUT2D eigenvalue weighted by atomic mass is 16.5. The number of imide groups is 1. The number of carbonyl (C=O) groups excluding carboxylic acids is 3. The van der Waals surface area contributed by atoms with Crippen molar-refractivity contribution >= 4 is 34.3 Å². The topological polar surface area (TPSA) is 70.2 Å². The van der Waals surface area contributed by atoms with E-state index in [0.717, 1.165) is 27.0 Å². The second-order valence-electron chi connectivity index (χ2n) is 7.89. The van der Waals surface area contributed by atoms with Crippen LogP contribution in [0.15, 0.2) is 66.7 Å². The molecule has 0 N–H and O–H groups in total. The van der Waals surface area contributed by atoms with E-state index in [2.05, 4.69) is 0 Å². The van der Waals surface area contributed by atoms with E-state index >= 15 is 0 Å². The van der Waals surface area contributed by atoms with Gasteiger partial charge in [-0.25, -0.2) is 4.79 Å². The minimum absolute atomic E-state index is 0.285. The van der Waals surface area contributed by atoms with Gasteiger partial charge in [-0.3, -0.25) is 19.4 Å². The monoisotopic (exact) mass is 431 g/mol. The number of likely N-dealkylation sites (N-methyl/N-ethyl adjacent to an activating group) is 1. The van der Waals surface area contributed by atoms with E-state index in [1.165, 1.54) is 9.80 Å². The van der Waals surface area contributed by atoms with Gasteiger partial charge in [-0.05, 0) is 53.6 Å². The molecule has 1 saturated heterocycles. The number of hydrogen-bond acceptors (Lipinski definition) is 4. The van der Waals surface area contributed by atoms with E-state index in [4.69, 9.17) is 4.74 Å². The van der Waals surface area contributed by atoms with Crippen LogP contribution in [-0.2, 0) is 16.1 Å². The number of methoxy groups -OCH3 is 1. The minimum Gasteiger partial charge on any atom is -0.497 e. The molecule has 0 aliphatic carbocycles. The first-order chi connectivity index (χ1) is 15.4. The van der Waals surface area contributed by atoms with Crippen LogP contribution in [0.3, 0.4) is 0 Å². The van der Waals surface area contributed by atoms with Gasteiger partial charge in [-0.1, -0.05) is 36.4 Å². The minimum atomic E-state index is -0.652. The summed E-state index contributed by atoms with van der Waals surface area (Å²) in [6.07, 6.45) is 0. The van der Waals surface area contributed by atoms with Crippen molar-refractivity contribution in [2.24, 2.45) is 0 Å². The van der Waals surface area contributed by atoms with Crippen molar-refractivity contribution in [2.45, 2.75) is 19.5 Å². The molecule has 32 heavy (non-hydrogen) atoms. The van der Waals surface area contributed by atoms with Crippen LogP contribution in [0.4, 0.5) is 10.5 Å². The molecule has 0 aromatic heterocycles. The van der Waals surface area contributed by atoms with Crippen molar-refractivity contribution in [3.8, 4) is 5.75 Å². The molecule has 3 aromatic rings. The zero-order valence-electron chi connectivity index (χ0n) is 18.3. The van der Waals surface area contributed by atoms with Crippen LogP contribution in [0.1, 0.15) is 12.5 Å². The van der Waals surface area contributed by atoms with Crippen LogP contribution < -0.4 is 9.64 Å². The average Bonchev–Trinajstić information content (AvgIpc) is 3.02. The Hall–Kier alpha value is -3.87. The molecule has 1 aliphatic heterocycles. The summed E-state index contributed by atoms with van der Waals surface area (Å²) < 4.78 is 5.26. The summed E-state index contributed by atoms with van der Waals surface area (Å²) in [5.41, 5.74) is 1.59. The maximum Gasteiger partial charge on any atom is 0.332 e. The van der Waals surface area contributed by atoms with Gasteiger partial charge in [0.1, 0.15) is 18.3 Å². The molecule has 0 bridgehead atoms. The Morgan fingerprint density at radius 2 is 1.69 bits per heavy atom. The quantitative estimate of drug-likeness (QED) is 0.559. The van der Waals surface area contributed by atoms with Gasteiger partial charge in [0.05, 0.1) is 7.11 Å². The Morgan fingerprint density at radius 3 is 2.41 bits per heavy atom. The molecular weight excluding hydrogens is 406 g/mol. The van der Waals surface area contributed by atoms with Crippen LogP contribution in [-0.4, -0.2) is 54.4 Å². The standard InChI is InChI=1S/C25H25N3O4/c1-17-24(30)27(25(31)28(17)21-7-5-4-6-8-21)16-23(29)26(2)15-18-9-10-20-14-22(32-3)12-11-19(20)13-18/h4-14,17H,15-16H2,1-3H3. The Labute approximate surface area is 186 Å². The molecule has 0 radical (unpaired) electrons. The maximum atomic E-state index is 12.9. The number of ether oxygens (including phenoxy) is 1. The molecular formula is C25H25N3O4. The highest BCUT2D eigenvalue weighted by molar-refractivity contribution is 6.15. The lowest BCUT2D eigenvalue weighted by Gasteiger charge is -2.21. The lowest BCUT2D eigenvalue weighted by Crippen LogP contribution is -2.42. The molecule has 4 rings (SSSR count). The fourth-order valence-electron chi connectivity index (χ4n) is 3.91. The second kappa shape index (κ2) is 8.70. The van der Waals surface area contributed by atoms with Crippen molar-refractivity contribution in [3.05, 3.63) is 72.3 Å².